The van der Waals surface area contributed by atoms with Gasteiger partial charge in [0.25, 0.3) is 0 Å². The zero-order chi connectivity index (χ0) is 16.4. The molecular weight excluding hydrogens is 328 g/mol. The SMILES string of the molecule is O[C@@H](CN1CCO[C@H](c2nccs2)C1)c1ccc2c(c1)OCCO2. The molecule has 1 N–H and O–H groups in total. The molecule has 1 fully saturated rings. The molecule has 0 spiro atoms. The van der Waals surface area contributed by atoms with Gasteiger partial charge in [0.05, 0.1) is 12.7 Å². The van der Waals surface area contributed by atoms with Crippen LogP contribution in [0.25, 0.3) is 0 Å². The van der Waals surface area contributed by atoms with Gasteiger partial charge in [0, 0.05) is 31.2 Å². The summed E-state index contributed by atoms with van der Waals surface area (Å²) in [5.41, 5.74) is 0.844. The van der Waals surface area contributed by atoms with E-state index >= 15 is 0 Å². The number of nitrogens with zero attached hydrogens (tertiary/aromatic N) is 2. The average Bonchev–Trinajstić information content (AvgIpc) is 3.16. The molecule has 3 heterocycles. The van der Waals surface area contributed by atoms with Crippen LogP contribution in [0.5, 0.6) is 11.5 Å². The molecule has 7 heteroatoms. The predicted molar refractivity (Wildman–Crippen MR) is 89.6 cm³/mol. The minimum absolute atomic E-state index is 0.00813. The summed E-state index contributed by atoms with van der Waals surface area (Å²) in [5.74, 6) is 1.45. The number of aliphatic hydroxyl groups excluding tert-OH is 1. The Bertz CT molecular complexity index is 679. The first-order valence-electron chi connectivity index (χ1n) is 8.10. The number of benzene rings is 1. The summed E-state index contributed by atoms with van der Waals surface area (Å²) in [6.45, 7) is 3.88. The minimum atomic E-state index is -0.573. The van der Waals surface area contributed by atoms with E-state index in [1.54, 1.807) is 17.5 Å². The summed E-state index contributed by atoms with van der Waals surface area (Å²) < 4.78 is 16.9. The van der Waals surface area contributed by atoms with Crippen molar-refractivity contribution in [1.29, 1.82) is 0 Å². The fraction of sp³-hybridized carbons (Fsp3) is 0.471. The van der Waals surface area contributed by atoms with Crippen molar-refractivity contribution in [1.82, 2.24) is 9.88 Å². The van der Waals surface area contributed by atoms with Gasteiger partial charge in [-0.15, -0.1) is 11.3 Å². The molecule has 0 aliphatic carbocycles. The lowest BCUT2D eigenvalue weighted by molar-refractivity contribution is -0.0425. The van der Waals surface area contributed by atoms with Crippen molar-refractivity contribution >= 4 is 11.3 Å². The zero-order valence-corrected chi connectivity index (χ0v) is 14.1. The van der Waals surface area contributed by atoms with Gasteiger partial charge in [0.15, 0.2) is 11.5 Å². The lowest BCUT2D eigenvalue weighted by Crippen LogP contribution is -2.40. The molecule has 4 rings (SSSR count). The van der Waals surface area contributed by atoms with Gasteiger partial charge in [-0.3, -0.25) is 4.90 Å². The van der Waals surface area contributed by atoms with Gasteiger partial charge >= 0.3 is 0 Å². The molecule has 1 saturated heterocycles. The Morgan fingerprint density at radius 1 is 1.25 bits per heavy atom. The molecule has 1 aromatic heterocycles. The molecule has 2 atom stereocenters. The molecule has 0 amide bonds. The van der Waals surface area contributed by atoms with Crippen molar-refractivity contribution in [3.05, 3.63) is 40.3 Å². The Morgan fingerprint density at radius 2 is 2.12 bits per heavy atom. The molecule has 0 unspecified atom stereocenters. The highest BCUT2D eigenvalue weighted by atomic mass is 32.1. The van der Waals surface area contributed by atoms with Gasteiger partial charge in [-0.1, -0.05) is 6.07 Å². The Balaban J connectivity index is 1.41. The van der Waals surface area contributed by atoms with Crippen molar-refractivity contribution in [2.45, 2.75) is 12.2 Å². The summed E-state index contributed by atoms with van der Waals surface area (Å²) in [6, 6.07) is 5.64. The van der Waals surface area contributed by atoms with Crippen molar-refractivity contribution < 1.29 is 19.3 Å². The molecule has 128 valence electrons. The van der Waals surface area contributed by atoms with E-state index in [1.807, 2.05) is 23.6 Å². The molecule has 2 aliphatic rings. The number of rotatable bonds is 4. The lowest BCUT2D eigenvalue weighted by Gasteiger charge is -2.33. The van der Waals surface area contributed by atoms with E-state index in [9.17, 15) is 5.11 Å². The normalized spacial score (nSPS) is 22.3. The van der Waals surface area contributed by atoms with Crippen LogP contribution in [0.15, 0.2) is 29.8 Å². The van der Waals surface area contributed by atoms with Crippen molar-refractivity contribution in [3.8, 4) is 11.5 Å². The zero-order valence-electron chi connectivity index (χ0n) is 13.3. The second kappa shape index (κ2) is 7.06. The van der Waals surface area contributed by atoms with Crippen molar-refractivity contribution in [2.75, 3.05) is 39.5 Å². The maximum atomic E-state index is 10.6. The third-order valence-electron chi connectivity index (χ3n) is 4.26. The number of hydrogen-bond acceptors (Lipinski definition) is 7. The third-order valence-corrected chi connectivity index (χ3v) is 5.13. The van der Waals surface area contributed by atoms with Crippen LogP contribution in [0.2, 0.25) is 0 Å². The highest BCUT2D eigenvalue weighted by Crippen LogP contribution is 2.33. The standard InChI is InChI=1S/C17H20N2O4S/c20-13(12-1-2-14-15(9-12)23-7-6-22-14)10-19-4-5-21-16(11-19)17-18-3-8-24-17/h1-3,8-9,13,16,20H,4-7,10-11H2/t13-,16-/m0/s1. The fourth-order valence-corrected chi connectivity index (χ4v) is 3.71. The van der Waals surface area contributed by atoms with E-state index in [0.717, 1.165) is 29.4 Å². The summed E-state index contributed by atoms with van der Waals surface area (Å²) in [6.07, 6.45) is 1.22. The number of aliphatic hydroxyl groups is 1. The second-order valence-corrected chi connectivity index (χ2v) is 6.83. The predicted octanol–water partition coefficient (Wildman–Crippen LogP) is 2.02. The highest BCUT2D eigenvalue weighted by Gasteiger charge is 2.26. The minimum Gasteiger partial charge on any atom is -0.486 e. The Morgan fingerprint density at radius 3 is 2.96 bits per heavy atom. The highest BCUT2D eigenvalue weighted by molar-refractivity contribution is 7.09. The van der Waals surface area contributed by atoms with Crippen LogP contribution in [-0.4, -0.2) is 54.4 Å². The van der Waals surface area contributed by atoms with E-state index in [2.05, 4.69) is 9.88 Å². The smallest absolute Gasteiger partial charge is 0.161 e. The van der Waals surface area contributed by atoms with E-state index in [4.69, 9.17) is 14.2 Å². The van der Waals surface area contributed by atoms with Gasteiger partial charge in [-0.05, 0) is 17.7 Å². The van der Waals surface area contributed by atoms with Crippen LogP contribution in [0, 0.1) is 0 Å². The maximum Gasteiger partial charge on any atom is 0.161 e. The Kier molecular flexibility index (Phi) is 4.66. The van der Waals surface area contributed by atoms with Crippen LogP contribution in [0.1, 0.15) is 22.8 Å². The maximum absolute atomic E-state index is 10.6. The number of hydrogen-bond donors (Lipinski definition) is 1. The number of thiazole rings is 1. The number of fused-ring (bicyclic) bond motifs is 1. The average molecular weight is 348 g/mol. The summed E-state index contributed by atoms with van der Waals surface area (Å²) in [4.78, 5) is 6.55. The van der Waals surface area contributed by atoms with E-state index in [0.29, 0.717) is 32.1 Å². The second-order valence-electron chi connectivity index (χ2n) is 5.91. The number of ether oxygens (including phenoxy) is 3. The molecule has 6 nitrogen and oxygen atoms in total. The molecule has 0 bridgehead atoms. The molecular formula is C17H20N2O4S. The van der Waals surface area contributed by atoms with Crippen LogP contribution in [-0.2, 0) is 4.74 Å². The largest absolute Gasteiger partial charge is 0.486 e. The molecule has 0 saturated carbocycles. The molecule has 24 heavy (non-hydrogen) atoms. The molecule has 2 aromatic rings. The summed E-state index contributed by atoms with van der Waals surface area (Å²) in [5, 5.41) is 13.6. The molecule has 1 aromatic carbocycles. The fourth-order valence-electron chi connectivity index (χ4n) is 3.03. The Hall–Kier alpha value is -1.67. The van der Waals surface area contributed by atoms with E-state index in [1.165, 1.54) is 0 Å². The monoisotopic (exact) mass is 348 g/mol. The van der Waals surface area contributed by atoms with Gasteiger partial charge in [-0.25, -0.2) is 4.98 Å². The third kappa shape index (κ3) is 3.39. The van der Waals surface area contributed by atoms with Crippen LogP contribution >= 0.6 is 11.3 Å². The van der Waals surface area contributed by atoms with Gasteiger partial charge in [0.2, 0.25) is 0 Å². The Labute approximate surface area is 144 Å². The van der Waals surface area contributed by atoms with Crippen LogP contribution in [0.4, 0.5) is 0 Å². The van der Waals surface area contributed by atoms with Crippen LogP contribution < -0.4 is 9.47 Å². The summed E-state index contributed by atoms with van der Waals surface area (Å²) in [7, 11) is 0. The van der Waals surface area contributed by atoms with Crippen molar-refractivity contribution in [2.24, 2.45) is 0 Å². The molecule has 2 aliphatic heterocycles. The topological polar surface area (TPSA) is 64.1 Å². The first-order chi connectivity index (χ1) is 11.8. The number of morpholine rings is 1. The van der Waals surface area contributed by atoms with E-state index in [-0.39, 0.29) is 6.10 Å². The molecule has 0 radical (unpaired) electrons. The lowest BCUT2D eigenvalue weighted by atomic mass is 10.1. The van der Waals surface area contributed by atoms with Crippen LogP contribution in [0.3, 0.4) is 0 Å². The quantitative estimate of drug-likeness (QED) is 0.912. The van der Waals surface area contributed by atoms with Gasteiger partial charge in [0.1, 0.15) is 24.3 Å². The van der Waals surface area contributed by atoms with Crippen molar-refractivity contribution in [3.63, 3.8) is 0 Å². The first-order valence-corrected chi connectivity index (χ1v) is 8.98. The number of β-amino-alcohol motifs (C(OH)–C–C–N with tert-alkyl or cyclic N) is 1. The van der Waals surface area contributed by atoms with Gasteiger partial charge in [-0.2, -0.15) is 0 Å². The first kappa shape index (κ1) is 15.8. The summed E-state index contributed by atoms with van der Waals surface area (Å²) >= 11 is 1.61. The van der Waals surface area contributed by atoms with Gasteiger partial charge < -0.3 is 19.3 Å². The van der Waals surface area contributed by atoms with E-state index < -0.39 is 6.10 Å². The number of aromatic nitrogens is 1.